The Labute approximate surface area is 129 Å². The van der Waals surface area contributed by atoms with Gasteiger partial charge in [-0.05, 0) is 42.7 Å². The quantitative estimate of drug-likeness (QED) is 0.847. The van der Waals surface area contributed by atoms with Gasteiger partial charge in [0.25, 0.3) is 11.9 Å². The molecule has 2 rings (SSSR count). The van der Waals surface area contributed by atoms with Crippen molar-refractivity contribution in [3.8, 4) is 5.75 Å². The summed E-state index contributed by atoms with van der Waals surface area (Å²) < 4.78 is 5.53. The molecule has 22 heavy (non-hydrogen) atoms. The average Bonchev–Trinajstić information content (AvgIpc) is 2.94. The zero-order valence-corrected chi connectivity index (χ0v) is 13.2. The van der Waals surface area contributed by atoms with Crippen LogP contribution < -0.4 is 10.1 Å². The Kier molecular flexibility index (Phi) is 5.46. The van der Waals surface area contributed by atoms with Crippen molar-refractivity contribution in [1.29, 1.82) is 0 Å². The van der Waals surface area contributed by atoms with E-state index in [1.165, 1.54) is 4.80 Å². The van der Waals surface area contributed by atoms with Crippen molar-refractivity contribution in [3.63, 3.8) is 0 Å². The summed E-state index contributed by atoms with van der Waals surface area (Å²) in [6, 6.07) is 5.74. The molecule has 1 aromatic heterocycles. The van der Waals surface area contributed by atoms with E-state index >= 15 is 0 Å². The molecule has 1 aromatic carbocycles. The van der Waals surface area contributed by atoms with Crippen LogP contribution in [0.25, 0.3) is 0 Å². The van der Waals surface area contributed by atoms with Crippen LogP contribution in [0.5, 0.6) is 5.75 Å². The number of tetrazole rings is 1. The van der Waals surface area contributed by atoms with Crippen LogP contribution in [-0.2, 0) is 11.3 Å². The van der Waals surface area contributed by atoms with Gasteiger partial charge in [0.2, 0.25) is 0 Å². The first-order valence-corrected chi connectivity index (χ1v) is 7.37. The molecular formula is C15H21N5O2. The maximum atomic E-state index is 11.9. The van der Waals surface area contributed by atoms with E-state index in [9.17, 15) is 4.79 Å². The maximum Gasteiger partial charge on any atom is 0.270 e. The van der Waals surface area contributed by atoms with Crippen LogP contribution in [0.15, 0.2) is 18.2 Å². The average molecular weight is 303 g/mol. The van der Waals surface area contributed by atoms with Gasteiger partial charge in [0.1, 0.15) is 5.75 Å². The Bertz CT molecular complexity index is 639. The summed E-state index contributed by atoms with van der Waals surface area (Å²) in [4.78, 5) is 13.3. The number of aryl methyl sites for hydroxylation is 2. The summed E-state index contributed by atoms with van der Waals surface area (Å²) in [5, 5.41) is 14.3. The predicted molar refractivity (Wildman–Crippen MR) is 82.8 cm³/mol. The highest BCUT2D eigenvalue weighted by atomic mass is 16.5. The fourth-order valence-corrected chi connectivity index (χ4v) is 1.87. The topological polar surface area (TPSA) is 81.9 Å². The van der Waals surface area contributed by atoms with Gasteiger partial charge in [-0.1, -0.05) is 30.6 Å². The Morgan fingerprint density at radius 2 is 2.18 bits per heavy atom. The fraction of sp³-hybridized carbons (Fsp3) is 0.467. The van der Waals surface area contributed by atoms with Gasteiger partial charge in [-0.15, -0.1) is 5.10 Å². The smallest absolute Gasteiger partial charge is 0.270 e. The third-order valence-corrected chi connectivity index (χ3v) is 3.33. The molecule has 2 aromatic rings. The van der Waals surface area contributed by atoms with Crippen LogP contribution in [0.3, 0.4) is 0 Å². The van der Waals surface area contributed by atoms with Crippen molar-refractivity contribution in [2.24, 2.45) is 0 Å². The first-order chi connectivity index (χ1) is 10.6. The fourth-order valence-electron chi connectivity index (χ4n) is 1.87. The van der Waals surface area contributed by atoms with Crippen molar-refractivity contribution in [3.05, 3.63) is 29.3 Å². The van der Waals surface area contributed by atoms with Gasteiger partial charge in [0.05, 0.1) is 6.54 Å². The lowest BCUT2D eigenvalue weighted by molar-refractivity contribution is -0.118. The summed E-state index contributed by atoms with van der Waals surface area (Å²) in [6.07, 6.45) is 2.02. The molecule has 0 fully saturated rings. The zero-order valence-electron chi connectivity index (χ0n) is 13.2. The highest BCUT2D eigenvalue weighted by molar-refractivity contribution is 5.90. The molecule has 0 unspecified atom stereocenters. The number of ether oxygens (including phenoxy) is 1. The molecule has 0 aliphatic heterocycles. The number of nitrogens with one attached hydrogen (secondary N) is 1. The molecule has 0 saturated heterocycles. The molecule has 118 valence electrons. The molecule has 0 radical (unpaired) electrons. The second kappa shape index (κ2) is 7.53. The van der Waals surface area contributed by atoms with Gasteiger partial charge in [0.15, 0.2) is 6.61 Å². The van der Waals surface area contributed by atoms with Crippen LogP contribution in [0.2, 0.25) is 0 Å². The number of benzene rings is 1. The molecule has 1 amide bonds. The molecule has 0 aliphatic carbocycles. The van der Waals surface area contributed by atoms with Gasteiger partial charge in [-0.2, -0.15) is 4.80 Å². The summed E-state index contributed by atoms with van der Waals surface area (Å²) in [5.41, 5.74) is 2.15. The lowest BCUT2D eigenvalue weighted by atomic mass is 10.1. The standard InChI is InChI=1S/C15H21N5O2/c1-4-5-9-20-18-15(17-19-20)16-14(21)10-22-13-8-6-7-11(2)12(13)3/h6-8H,4-5,9-10H2,1-3H3,(H,16,18,21). The molecule has 0 atom stereocenters. The lowest BCUT2D eigenvalue weighted by Crippen LogP contribution is -2.21. The summed E-state index contributed by atoms with van der Waals surface area (Å²) in [5.74, 6) is 0.594. The number of carbonyl (C=O) groups excluding carboxylic acids is 1. The number of rotatable bonds is 7. The Hall–Kier alpha value is -2.44. The normalized spacial score (nSPS) is 10.5. The van der Waals surface area contributed by atoms with E-state index in [-0.39, 0.29) is 18.5 Å². The van der Waals surface area contributed by atoms with E-state index in [0.29, 0.717) is 12.3 Å². The maximum absolute atomic E-state index is 11.9. The minimum atomic E-state index is -0.309. The number of unbranched alkanes of at least 4 members (excludes halogenated alkanes) is 1. The van der Waals surface area contributed by atoms with Crippen molar-refractivity contribution >= 4 is 11.9 Å². The van der Waals surface area contributed by atoms with Crippen LogP contribution in [0.4, 0.5) is 5.95 Å². The molecule has 0 spiro atoms. The summed E-state index contributed by atoms with van der Waals surface area (Å²) >= 11 is 0. The molecule has 0 bridgehead atoms. The van der Waals surface area contributed by atoms with Crippen LogP contribution in [0, 0.1) is 13.8 Å². The summed E-state index contributed by atoms with van der Waals surface area (Å²) in [7, 11) is 0. The third kappa shape index (κ3) is 4.28. The number of aromatic nitrogens is 4. The number of hydrogen-bond acceptors (Lipinski definition) is 5. The number of hydrogen-bond donors (Lipinski definition) is 1. The van der Waals surface area contributed by atoms with Gasteiger partial charge in [-0.25, -0.2) is 0 Å². The van der Waals surface area contributed by atoms with Gasteiger partial charge < -0.3 is 4.74 Å². The number of nitrogens with zero attached hydrogens (tertiary/aromatic N) is 4. The first-order valence-electron chi connectivity index (χ1n) is 7.37. The SMILES string of the molecule is CCCCn1nnc(NC(=O)COc2cccc(C)c2C)n1. The van der Waals surface area contributed by atoms with Gasteiger partial charge in [0, 0.05) is 0 Å². The third-order valence-electron chi connectivity index (χ3n) is 3.33. The van der Waals surface area contributed by atoms with Crippen LogP contribution in [-0.4, -0.2) is 32.7 Å². The second-order valence-corrected chi connectivity index (χ2v) is 5.10. The Balaban J connectivity index is 1.85. The highest BCUT2D eigenvalue weighted by Crippen LogP contribution is 2.20. The zero-order chi connectivity index (χ0) is 15.9. The predicted octanol–water partition coefficient (Wildman–Crippen LogP) is 2.11. The Morgan fingerprint density at radius 1 is 1.36 bits per heavy atom. The largest absolute Gasteiger partial charge is 0.483 e. The van der Waals surface area contributed by atoms with Crippen LogP contribution >= 0.6 is 0 Å². The first kappa shape index (κ1) is 15.9. The molecule has 7 nitrogen and oxygen atoms in total. The van der Waals surface area contributed by atoms with E-state index < -0.39 is 0 Å². The van der Waals surface area contributed by atoms with E-state index in [1.54, 1.807) is 0 Å². The van der Waals surface area contributed by atoms with Crippen molar-refractivity contribution < 1.29 is 9.53 Å². The molecular weight excluding hydrogens is 282 g/mol. The van der Waals surface area contributed by atoms with E-state index in [2.05, 4.69) is 27.7 Å². The lowest BCUT2D eigenvalue weighted by Gasteiger charge is -2.09. The Morgan fingerprint density at radius 3 is 2.95 bits per heavy atom. The molecule has 1 heterocycles. The van der Waals surface area contributed by atoms with Crippen molar-refractivity contribution in [2.45, 2.75) is 40.2 Å². The minimum absolute atomic E-state index is 0.0895. The van der Waals surface area contributed by atoms with Gasteiger partial charge in [-0.3, -0.25) is 10.1 Å². The monoisotopic (exact) mass is 303 g/mol. The van der Waals surface area contributed by atoms with Gasteiger partial charge >= 0.3 is 0 Å². The molecule has 7 heteroatoms. The number of carbonyl (C=O) groups is 1. The highest BCUT2D eigenvalue weighted by Gasteiger charge is 2.09. The second-order valence-electron chi connectivity index (χ2n) is 5.10. The van der Waals surface area contributed by atoms with Crippen molar-refractivity contribution in [1.82, 2.24) is 20.2 Å². The number of amides is 1. The molecule has 1 N–H and O–H groups in total. The van der Waals surface area contributed by atoms with Crippen LogP contribution in [0.1, 0.15) is 30.9 Å². The van der Waals surface area contributed by atoms with E-state index in [4.69, 9.17) is 4.74 Å². The summed E-state index contributed by atoms with van der Waals surface area (Å²) in [6.45, 7) is 6.65. The van der Waals surface area contributed by atoms with Crippen molar-refractivity contribution in [2.75, 3.05) is 11.9 Å². The number of anilines is 1. The minimum Gasteiger partial charge on any atom is -0.483 e. The van der Waals surface area contributed by atoms with E-state index in [0.717, 1.165) is 24.0 Å². The molecule has 0 aliphatic rings. The molecule has 0 saturated carbocycles. The van der Waals surface area contributed by atoms with E-state index in [1.807, 2.05) is 32.0 Å².